The van der Waals surface area contributed by atoms with E-state index in [1.165, 1.54) is 0 Å². The van der Waals surface area contributed by atoms with E-state index in [-0.39, 0.29) is 60.4 Å². The van der Waals surface area contributed by atoms with E-state index in [2.05, 4.69) is 0 Å². The van der Waals surface area contributed by atoms with E-state index in [1.807, 2.05) is 109 Å². The van der Waals surface area contributed by atoms with Crippen molar-refractivity contribution in [1.82, 2.24) is 15.0 Å². The molecule has 3 nitrogen and oxygen atoms in total. The summed E-state index contributed by atoms with van der Waals surface area (Å²) in [6.07, 6.45) is 0. The molecule has 0 fully saturated rings. The first-order valence-corrected chi connectivity index (χ1v) is 16.3. The fourth-order valence-corrected chi connectivity index (χ4v) is 6.95. The zero-order valence-electron chi connectivity index (χ0n) is 36.6. The first-order valence-electron chi connectivity index (χ1n) is 21.0. The van der Waals surface area contributed by atoms with Crippen LogP contribution in [0.2, 0.25) is 0 Å². The molecule has 0 bridgehead atoms. The van der Waals surface area contributed by atoms with Crippen LogP contribution in [0.1, 0.15) is 15.1 Å². The van der Waals surface area contributed by atoms with Crippen molar-refractivity contribution in [3.63, 3.8) is 0 Å². The molecule has 0 amide bonds. The molecule has 9 rings (SSSR count). The van der Waals surface area contributed by atoms with Crippen molar-refractivity contribution in [2.45, 2.75) is 0 Å². The van der Waals surface area contributed by atoms with E-state index in [9.17, 15) is 2.74 Å². The third-order valence-corrected chi connectivity index (χ3v) is 9.36. The number of nitrogens with zero attached hydrogens (tertiary/aromatic N) is 3. The van der Waals surface area contributed by atoms with Crippen LogP contribution in [0.25, 0.3) is 87.7 Å². The molecule has 49 heavy (non-hydrogen) atoms. The molecule has 230 valence electrons. The van der Waals surface area contributed by atoms with Gasteiger partial charge in [-0.25, -0.2) is 15.0 Å². The number of hydrogen-bond donors (Lipinski definition) is 0. The predicted molar refractivity (Wildman–Crippen MR) is 205 cm³/mol. The zero-order valence-corrected chi connectivity index (χ0v) is 26.5. The highest BCUT2D eigenvalue weighted by molar-refractivity contribution is 7.26. The highest BCUT2D eigenvalue weighted by atomic mass is 32.1. The largest absolute Gasteiger partial charge is 0.208 e. The van der Waals surface area contributed by atoms with Crippen molar-refractivity contribution in [3.05, 3.63) is 176 Å². The van der Waals surface area contributed by atoms with Crippen molar-refractivity contribution >= 4 is 31.5 Å². The molecular weight excluding hydrogens is 615 g/mol. The van der Waals surface area contributed by atoms with Crippen LogP contribution in [-0.4, -0.2) is 15.0 Å². The van der Waals surface area contributed by atoms with Gasteiger partial charge in [0.1, 0.15) is 0 Å². The van der Waals surface area contributed by atoms with Gasteiger partial charge in [0.05, 0.1) is 15.1 Å². The molecule has 0 saturated heterocycles. The molecule has 2 aromatic heterocycles. The summed E-state index contributed by atoms with van der Waals surface area (Å²) in [7, 11) is 0. The molecule has 0 atom stereocenters. The van der Waals surface area contributed by atoms with Gasteiger partial charge in [-0.1, -0.05) is 164 Å². The molecule has 0 N–H and O–H groups in total. The minimum absolute atomic E-state index is 0.0288. The number of aromatic nitrogens is 3. The summed E-state index contributed by atoms with van der Waals surface area (Å²) in [5, 5.41) is 0.118. The summed E-state index contributed by atoms with van der Waals surface area (Å²) in [6, 6.07) is 29.1. The summed E-state index contributed by atoms with van der Waals surface area (Å²) in [5.41, 5.74) is 4.64. The second-order valence-electron chi connectivity index (χ2n) is 11.2. The Bertz CT molecular complexity index is 3060. The van der Waals surface area contributed by atoms with Gasteiger partial charge >= 0.3 is 0 Å². The summed E-state index contributed by atoms with van der Waals surface area (Å²) in [4.78, 5) is 14.7. The van der Waals surface area contributed by atoms with Crippen molar-refractivity contribution in [1.29, 1.82) is 0 Å². The van der Waals surface area contributed by atoms with E-state index in [1.54, 1.807) is 0 Å². The average Bonchev–Trinajstić information content (AvgIpc) is 3.68. The lowest BCUT2D eigenvalue weighted by Gasteiger charge is -2.12. The second kappa shape index (κ2) is 12.4. The molecule has 2 heterocycles. The maximum absolute atomic E-state index is 9.60. The predicted octanol–water partition coefficient (Wildman–Crippen LogP) is 12.2. The molecule has 9 aromatic rings. The average molecular weight is 655 g/mol. The molecule has 0 radical (unpaired) electrons. The van der Waals surface area contributed by atoms with E-state index in [0.29, 0.717) is 11.1 Å². The highest BCUT2D eigenvalue weighted by Gasteiger charge is 2.19. The van der Waals surface area contributed by atoms with Crippen molar-refractivity contribution in [3.8, 4) is 67.5 Å². The molecule has 0 aliphatic heterocycles. The van der Waals surface area contributed by atoms with Gasteiger partial charge in [0.25, 0.3) is 0 Å². The zero-order chi connectivity index (χ0) is 42.1. The number of hydrogen-bond acceptors (Lipinski definition) is 4. The normalized spacial score (nSPS) is 14.4. The van der Waals surface area contributed by atoms with Gasteiger partial charge in [-0.15, -0.1) is 11.3 Å². The molecule has 0 unspecified atom stereocenters. The molecule has 4 heteroatoms. The van der Waals surface area contributed by atoms with Crippen LogP contribution >= 0.6 is 11.3 Å². The van der Waals surface area contributed by atoms with Crippen molar-refractivity contribution in [2.75, 3.05) is 0 Å². The maximum atomic E-state index is 9.60. The van der Waals surface area contributed by atoms with Crippen LogP contribution in [0.3, 0.4) is 0 Å². The van der Waals surface area contributed by atoms with E-state index in [4.69, 9.17) is 27.3 Å². The lowest BCUT2D eigenvalue weighted by atomic mass is 9.98. The number of rotatable bonds is 6. The first-order chi connectivity index (χ1) is 28.8. The molecular formula is C45H29N3S. The molecule has 0 aliphatic carbocycles. The van der Waals surface area contributed by atoms with Crippen LogP contribution in [-0.2, 0) is 0 Å². The van der Waals surface area contributed by atoms with Crippen LogP contribution in [0.5, 0.6) is 0 Å². The lowest BCUT2D eigenvalue weighted by molar-refractivity contribution is 1.08. The minimum atomic E-state index is -0.636. The Morgan fingerprint density at radius 2 is 0.857 bits per heavy atom. The smallest absolute Gasteiger partial charge is 0.164 e. The maximum Gasteiger partial charge on any atom is 0.164 e. The van der Waals surface area contributed by atoms with Gasteiger partial charge < -0.3 is 0 Å². The molecule has 0 aliphatic rings. The highest BCUT2D eigenvalue weighted by Crippen LogP contribution is 2.44. The third-order valence-electron chi connectivity index (χ3n) is 8.23. The van der Waals surface area contributed by atoms with Gasteiger partial charge in [-0.3, -0.25) is 0 Å². The quantitative estimate of drug-likeness (QED) is 0.179. The third kappa shape index (κ3) is 5.48. The van der Waals surface area contributed by atoms with Gasteiger partial charge in [0.2, 0.25) is 0 Å². The Hall–Kier alpha value is -6.23. The summed E-state index contributed by atoms with van der Waals surface area (Å²) in [5.74, 6) is 0.409. The van der Waals surface area contributed by atoms with Crippen LogP contribution in [0.15, 0.2) is 176 Å². The van der Waals surface area contributed by atoms with Gasteiger partial charge in [0, 0.05) is 36.9 Å². The summed E-state index contributed by atoms with van der Waals surface area (Å²) in [6.45, 7) is 0. The monoisotopic (exact) mass is 654 g/mol. The Morgan fingerprint density at radius 1 is 0.388 bits per heavy atom. The van der Waals surface area contributed by atoms with E-state index < -0.39 is 60.4 Å². The van der Waals surface area contributed by atoms with Gasteiger partial charge in [-0.2, -0.15) is 0 Å². The lowest BCUT2D eigenvalue weighted by Crippen LogP contribution is -2.00. The van der Waals surface area contributed by atoms with Crippen LogP contribution < -0.4 is 0 Å². The van der Waals surface area contributed by atoms with E-state index in [0.717, 1.165) is 33.6 Å². The molecule has 0 saturated carbocycles. The van der Waals surface area contributed by atoms with Gasteiger partial charge in [-0.05, 0) is 45.5 Å². The second-order valence-corrected chi connectivity index (χ2v) is 12.2. The van der Waals surface area contributed by atoms with Gasteiger partial charge in [0.15, 0.2) is 17.5 Å². The number of fused-ring (bicyclic) bond motifs is 3. The topological polar surface area (TPSA) is 38.7 Å². The SMILES string of the molecule is [2H]c1c([2H])c([2H])c(-c2c([2H])c([2H])c(-c3nc(-c4ccc(-c5ccccc5)cc4)nc(-c4ccc(-c5ccccc5)cc4)n3)c3c2sc2c([2H])c([2H])c([2H])c([2H])c23)c([2H])c1[2H]. The Labute approximate surface area is 304 Å². The first kappa shape index (κ1) is 19.6. The molecule has 0 spiro atoms. The molecule has 7 aromatic carbocycles. The number of thiophene rings is 1. The van der Waals surface area contributed by atoms with Crippen LogP contribution in [0, 0.1) is 0 Å². The van der Waals surface area contributed by atoms with Crippen LogP contribution in [0.4, 0.5) is 0 Å². The summed E-state index contributed by atoms with van der Waals surface area (Å²) < 4.78 is 97.0. The Morgan fingerprint density at radius 3 is 1.45 bits per heavy atom. The summed E-state index contributed by atoms with van der Waals surface area (Å²) >= 11 is 0.891. The van der Waals surface area contributed by atoms with Crippen molar-refractivity contribution in [2.24, 2.45) is 0 Å². The fourth-order valence-electron chi connectivity index (χ4n) is 5.83. The fraction of sp³-hybridized carbons (Fsp3) is 0. The van der Waals surface area contributed by atoms with E-state index >= 15 is 0 Å². The Balaban J connectivity index is 1.37. The number of benzene rings is 7. The minimum Gasteiger partial charge on any atom is -0.208 e. The Kier molecular flexibility index (Phi) is 4.96. The van der Waals surface area contributed by atoms with Crippen molar-refractivity contribution < 1.29 is 15.1 Å². The standard InChI is InChI=1S/C45H29N3S/c1-4-12-30(13-5-1)32-20-24-35(25-21-32)43-46-44(36-26-22-33(23-27-36)31-14-6-2-7-15-31)48-45(47-43)39-29-28-37(34-16-8-3-9-17-34)42-41(39)38-18-10-11-19-40(38)49-42/h1-29H/i3D,8D,9D,10D,11D,16D,17D,18D,19D,28D,29D.